The van der Waals surface area contributed by atoms with E-state index in [0.717, 1.165) is 5.92 Å². The Morgan fingerprint density at radius 3 is 1.50 bits per heavy atom. The van der Waals surface area contributed by atoms with Crippen molar-refractivity contribution < 1.29 is 34.1 Å². The molecule has 0 bridgehead atoms. The normalized spacial score (nSPS) is 22.1. The van der Waals surface area contributed by atoms with Crippen molar-refractivity contribution in [3.63, 3.8) is 0 Å². The van der Waals surface area contributed by atoms with Crippen LogP contribution >= 0.6 is 0 Å². The minimum absolute atomic E-state index is 0. The summed E-state index contributed by atoms with van der Waals surface area (Å²) in [5.41, 5.74) is 4.65. The molecule has 0 saturated heterocycles. The molecule has 0 heterocycles. The predicted molar refractivity (Wildman–Crippen MR) is 45.2 cm³/mol. The topological polar surface area (TPSA) is 0 Å². The molecule has 0 aromatic rings. The third-order valence-corrected chi connectivity index (χ3v) is 4.63. The summed E-state index contributed by atoms with van der Waals surface area (Å²) in [4.78, 5) is 0. The molecule has 0 aromatic carbocycles. The summed E-state index contributed by atoms with van der Waals surface area (Å²) in [6.45, 7) is 9.03. The molecule has 1 unspecified atom stereocenters. The van der Waals surface area contributed by atoms with Crippen molar-refractivity contribution in [1.29, 1.82) is 0 Å². The second kappa shape index (κ2) is 5.06. The molecular weight excluding hydrogens is 237 g/mol. The largest absolute Gasteiger partial charge is 0.269 e. The second-order valence-corrected chi connectivity index (χ2v) is 4.39. The average molecular weight is 252 g/mol. The van der Waals surface area contributed by atoms with Gasteiger partial charge in [0.15, 0.2) is 0 Å². The van der Waals surface area contributed by atoms with Gasteiger partial charge in [-0.05, 0) is 0 Å². The molecule has 1 atom stereocenters. The van der Waals surface area contributed by atoms with Crippen LogP contribution < -0.4 is 0 Å². The Balaban J connectivity index is 0. The standard InChI is InChI=1S/C9H13.2FH.Zr/c1-6-5-7(2)9(4)8(6)3;;;/h6H,1-4H3;2*1H;. The minimum Gasteiger partial charge on any atom is -0.269 e. The van der Waals surface area contributed by atoms with Gasteiger partial charge in [0, 0.05) is 0 Å². The molecule has 0 radical (unpaired) electrons. The average Bonchev–Trinajstić information content (AvgIpc) is 2.07. The molecule has 1 rings (SSSR count). The van der Waals surface area contributed by atoms with Crippen molar-refractivity contribution >= 4 is 0 Å². The first-order chi connectivity index (χ1) is 4.55. The van der Waals surface area contributed by atoms with E-state index in [-0.39, 0.29) is 9.41 Å². The van der Waals surface area contributed by atoms with Crippen molar-refractivity contribution in [2.24, 2.45) is 5.92 Å². The number of allylic oxidation sites excluding steroid dienone is 4. The van der Waals surface area contributed by atoms with Crippen LogP contribution in [0.2, 0.25) is 0 Å². The van der Waals surface area contributed by atoms with Gasteiger partial charge in [-0.2, -0.15) is 0 Å². The molecule has 0 amide bonds. The van der Waals surface area contributed by atoms with Crippen LogP contribution in [0.5, 0.6) is 0 Å². The van der Waals surface area contributed by atoms with Crippen molar-refractivity contribution in [2.75, 3.05) is 0 Å². The predicted octanol–water partition coefficient (Wildman–Crippen LogP) is 3.10. The van der Waals surface area contributed by atoms with Crippen LogP contribution in [0.1, 0.15) is 27.7 Å². The van der Waals surface area contributed by atoms with E-state index in [9.17, 15) is 0 Å². The van der Waals surface area contributed by atoms with Gasteiger partial charge in [0.25, 0.3) is 0 Å². The summed E-state index contributed by atoms with van der Waals surface area (Å²) in [6, 6.07) is 0. The maximum absolute atomic E-state index is 2.30. The van der Waals surface area contributed by atoms with E-state index in [1.165, 1.54) is 5.57 Å². The van der Waals surface area contributed by atoms with E-state index < -0.39 is 0 Å². The van der Waals surface area contributed by atoms with E-state index in [1.807, 2.05) is 0 Å². The van der Waals surface area contributed by atoms with E-state index in [1.54, 1.807) is 39.1 Å². The smallest absolute Gasteiger partial charge is 0.269 e. The summed E-state index contributed by atoms with van der Waals surface area (Å²) >= 11 is 1.59. The Labute approximate surface area is 87.7 Å². The Kier molecular flexibility index (Phi) is 6.21. The van der Waals surface area contributed by atoms with E-state index in [2.05, 4.69) is 27.7 Å². The van der Waals surface area contributed by atoms with Crippen LogP contribution in [0.15, 0.2) is 20.0 Å². The van der Waals surface area contributed by atoms with Gasteiger partial charge in [0.2, 0.25) is 0 Å². The molecule has 0 N–H and O–H groups in total. The Morgan fingerprint density at radius 2 is 1.42 bits per heavy atom. The first kappa shape index (κ1) is 14.7. The Bertz CT molecular complexity index is 205. The first-order valence-corrected chi connectivity index (χ1v) is 4.88. The summed E-state index contributed by atoms with van der Waals surface area (Å²) in [6.07, 6.45) is 0. The van der Waals surface area contributed by atoms with Gasteiger partial charge in [-0.15, -0.1) is 0 Å². The van der Waals surface area contributed by atoms with Gasteiger partial charge in [-0.1, -0.05) is 0 Å². The van der Waals surface area contributed by atoms with E-state index >= 15 is 0 Å². The molecule has 0 aromatic heterocycles. The number of halogens is 2. The van der Waals surface area contributed by atoms with E-state index in [0.29, 0.717) is 0 Å². The molecule has 0 aliphatic heterocycles. The molecule has 0 saturated carbocycles. The second-order valence-electron chi connectivity index (χ2n) is 3.07. The Morgan fingerprint density at radius 1 is 1.00 bits per heavy atom. The van der Waals surface area contributed by atoms with Crippen molar-refractivity contribution in [2.45, 2.75) is 27.7 Å². The molecule has 0 spiro atoms. The molecule has 1 aliphatic carbocycles. The fraction of sp³-hybridized carbons (Fsp3) is 0.556. The van der Waals surface area contributed by atoms with Crippen LogP contribution in [0.25, 0.3) is 0 Å². The summed E-state index contributed by atoms with van der Waals surface area (Å²) in [5.74, 6) is 0.734. The maximum atomic E-state index is 2.30. The van der Waals surface area contributed by atoms with Crippen molar-refractivity contribution in [1.82, 2.24) is 0 Å². The monoisotopic (exact) mass is 251 g/mol. The molecule has 12 heavy (non-hydrogen) atoms. The van der Waals surface area contributed by atoms with Crippen LogP contribution in [-0.2, 0) is 24.7 Å². The molecule has 1 aliphatic rings. The molecule has 69 valence electrons. The zero-order chi connectivity index (χ0) is 7.89. The van der Waals surface area contributed by atoms with Crippen LogP contribution in [0, 0.1) is 5.92 Å². The number of rotatable bonds is 0. The zero-order valence-electron chi connectivity index (χ0n) is 7.89. The molecule has 0 nitrogen and oxygen atoms in total. The molecule has 3 heteroatoms. The molecule has 0 fully saturated rings. The SMILES string of the molecule is CC1=C(C)C(C)[C]([Zr])=C1C.F.F. The van der Waals surface area contributed by atoms with Crippen LogP contribution in [0.4, 0.5) is 9.41 Å². The minimum atomic E-state index is 0. The number of hydrogen-bond donors (Lipinski definition) is 0. The molecular formula is C9H15F2Zr. The quantitative estimate of drug-likeness (QED) is 0.621. The fourth-order valence-corrected chi connectivity index (χ4v) is 2.36. The van der Waals surface area contributed by atoms with E-state index in [4.69, 9.17) is 0 Å². The van der Waals surface area contributed by atoms with Crippen molar-refractivity contribution in [3.8, 4) is 0 Å². The Hall–Kier alpha value is 0.223. The number of hydrogen-bond acceptors (Lipinski definition) is 0. The van der Waals surface area contributed by atoms with Gasteiger partial charge in [-0.3, -0.25) is 9.41 Å². The third kappa shape index (κ3) is 2.13. The maximum Gasteiger partial charge on any atom is -0.269 e. The summed E-state index contributed by atoms with van der Waals surface area (Å²) in [5, 5.41) is 0. The third-order valence-electron chi connectivity index (χ3n) is 2.64. The van der Waals surface area contributed by atoms with Gasteiger partial charge >= 0.3 is 78.3 Å². The van der Waals surface area contributed by atoms with Gasteiger partial charge in [0.05, 0.1) is 0 Å². The fourth-order valence-electron chi connectivity index (χ4n) is 1.36. The van der Waals surface area contributed by atoms with Crippen LogP contribution in [0.3, 0.4) is 0 Å². The van der Waals surface area contributed by atoms with Crippen LogP contribution in [-0.4, -0.2) is 0 Å². The zero-order valence-corrected chi connectivity index (χ0v) is 10.4. The van der Waals surface area contributed by atoms with Gasteiger partial charge in [-0.25, -0.2) is 0 Å². The summed E-state index contributed by atoms with van der Waals surface area (Å²) < 4.78 is 1.64. The first-order valence-electron chi connectivity index (χ1n) is 3.65. The summed E-state index contributed by atoms with van der Waals surface area (Å²) in [7, 11) is 0. The van der Waals surface area contributed by atoms with Gasteiger partial charge in [0.1, 0.15) is 0 Å². The van der Waals surface area contributed by atoms with Gasteiger partial charge < -0.3 is 0 Å². The van der Waals surface area contributed by atoms with Crippen molar-refractivity contribution in [3.05, 3.63) is 20.0 Å².